The van der Waals surface area contributed by atoms with Gasteiger partial charge in [-0.15, -0.1) is 0 Å². The molecule has 0 unspecified atom stereocenters. The SMILES string of the molecule is CCOc1ccccc1NCC(=O)Nc1ccc(C(=O)N(CC)c2ccccc2)cc1. The highest BCUT2D eigenvalue weighted by Gasteiger charge is 2.16. The van der Waals surface area contributed by atoms with Gasteiger partial charge in [0.2, 0.25) is 5.91 Å². The maximum Gasteiger partial charge on any atom is 0.258 e. The summed E-state index contributed by atoms with van der Waals surface area (Å²) in [5.41, 5.74) is 2.81. The zero-order valence-electron chi connectivity index (χ0n) is 17.8. The quantitative estimate of drug-likeness (QED) is 0.525. The Labute approximate surface area is 182 Å². The highest BCUT2D eigenvalue weighted by atomic mass is 16.5. The second-order valence-electron chi connectivity index (χ2n) is 6.79. The highest BCUT2D eigenvalue weighted by molar-refractivity contribution is 6.06. The topological polar surface area (TPSA) is 70.7 Å². The van der Waals surface area contributed by atoms with E-state index in [2.05, 4.69) is 10.6 Å². The van der Waals surface area contributed by atoms with Gasteiger partial charge in [0, 0.05) is 23.5 Å². The van der Waals surface area contributed by atoms with E-state index in [1.54, 1.807) is 29.2 Å². The van der Waals surface area contributed by atoms with Gasteiger partial charge in [0.25, 0.3) is 5.91 Å². The number of carbonyl (C=O) groups is 2. The van der Waals surface area contributed by atoms with Crippen LogP contribution in [0.5, 0.6) is 5.75 Å². The molecule has 0 radical (unpaired) electrons. The lowest BCUT2D eigenvalue weighted by Crippen LogP contribution is -2.30. The number of carbonyl (C=O) groups excluding carboxylic acids is 2. The molecular formula is C25H27N3O3. The minimum absolute atomic E-state index is 0.0826. The molecule has 0 bridgehead atoms. The average molecular weight is 418 g/mol. The lowest BCUT2D eigenvalue weighted by Gasteiger charge is -2.21. The fourth-order valence-corrected chi connectivity index (χ4v) is 3.18. The van der Waals surface area contributed by atoms with Crippen LogP contribution >= 0.6 is 0 Å². The van der Waals surface area contributed by atoms with Crippen LogP contribution in [0.3, 0.4) is 0 Å². The molecule has 2 N–H and O–H groups in total. The summed E-state index contributed by atoms with van der Waals surface area (Å²) in [6, 6.07) is 24.0. The van der Waals surface area contributed by atoms with Gasteiger partial charge in [-0.05, 0) is 62.4 Å². The molecule has 6 nitrogen and oxygen atoms in total. The molecule has 0 saturated heterocycles. The van der Waals surface area contributed by atoms with Crippen LogP contribution < -0.4 is 20.3 Å². The van der Waals surface area contributed by atoms with Gasteiger partial charge in [0.1, 0.15) is 5.75 Å². The van der Waals surface area contributed by atoms with Gasteiger partial charge in [0.15, 0.2) is 0 Å². The van der Waals surface area contributed by atoms with Crippen molar-refractivity contribution in [3.05, 3.63) is 84.4 Å². The molecule has 3 aromatic rings. The summed E-state index contributed by atoms with van der Waals surface area (Å²) in [6.45, 7) is 5.07. The minimum atomic E-state index is -0.190. The zero-order chi connectivity index (χ0) is 22.1. The van der Waals surface area contributed by atoms with Crippen molar-refractivity contribution >= 4 is 28.9 Å². The van der Waals surface area contributed by atoms with E-state index in [0.29, 0.717) is 30.2 Å². The van der Waals surface area contributed by atoms with Gasteiger partial charge >= 0.3 is 0 Å². The van der Waals surface area contributed by atoms with Gasteiger partial charge in [-0.2, -0.15) is 0 Å². The van der Waals surface area contributed by atoms with Crippen molar-refractivity contribution in [2.24, 2.45) is 0 Å². The molecule has 0 heterocycles. The lowest BCUT2D eigenvalue weighted by atomic mass is 10.1. The van der Waals surface area contributed by atoms with Crippen LogP contribution in [0.1, 0.15) is 24.2 Å². The summed E-state index contributed by atoms with van der Waals surface area (Å²) >= 11 is 0. The van der Waals surface area contributed by atoms with E-state index in [9.17, 15) is 9.59 Å². The number of amides is 2. The molecule has 6 heteroatoms. The van der Waals surface area contributed by atoms with Crippen LogP contribution in [0.15, 0.2) is 78.9 Å². The average Bonchev–Trinajstić information content (AvgIpc) is 2.80. The Kier molecular flexibility index (Phi) is 7.65. The third-order valence-corrected chi connectivity index (χ3v) is 4.67. The Morgan fingerprint density at radius 1 is 0.871 bits per heavy atom. The molecular weight excluding hydrogens is 390 g/mol. The van der Waals surface area contributed by atoms with E-state index >= 15 is 0 Å². The first kappa shape index (κ1) is 21.9. The maximum absolute atomic E-state index is 12.9. The van der Waals surface area contributed by atoms with Crippen molar-refractivity contribution in [2.75, 3.05) is 35.2 Å². The molecule has 31 heavy (non-hydrogen) atoms. The normalized spacial score (nSPS) is 10.3. The molecule has 0 aliphatic carbocycles. The Morgan fingerprint density at radius 3 is 2.23 bits per heavy atom. The van der Waals surface area contributed by atoms with E-state index < -0.39 is 0 Å². The van der Waals surface area contributed by atoms with E-state index in [0.717, 1.165) is 11.4 Å². The third-order valence-electron chi connectivity index (χ3n) is 4.67. The first-order chi connectivity index (χ1) is 15.1. The number of nitrogens with zero attached hydrogens (tertiary/aromatic N) is 1. The molecule has 0 saturated carbocycles. The van der Waals surface area contributed by atoms with Crippen molar-refractivity contribution in [2.45, 2.75) is 13.8 Å². The summed E-state index contributed by atoms with van der Waals surface area (Å²) < 4.78 is 5.55. The molecule has 160 valence electrons. The monoisotopic (exact) mass is 417 g/mol. The van der Waals surface area contributed by atoms with Crippen molar-refractivity contribution in [3.8, 4) is 5.75 Å². The second kappa shape index (κ2) is 10.8. The Bertz CT molecular complexity index is 1000. The first-order valence-electron chi connectivity index (χ1n) is 10.3. The summed E-state index contributed by atoms with van der Waals surface area (Å²) in [6.07, 6.45) is 0. The summed E-state index contributed by atoms with van der Waals surface area (Å²) in [5.74, 6) is 0.435. The molecule has 2 amide bonds. The largest absolute Gasteiger partial charge is 0.492 e. The second-order valence-corrected chi connectivity index (χ2v) is 6.79. The van der Waals surface area contributed by atoms with Crippen molar-refractivity contribution in [1.29, 1.82) is 0 Å². The molecule has 0 aliphatic heterocycles. The molecule has 0 atom stereocenters. The Morgan fingerprint density at radius 2 is 1.55 bits per heavy atom. The standard InChI is InChI=1S/C25H27N3O3/c1-3-28(21-10-6-5-7-11-21)25(30)19-14-16-20(17-15-19)27-24(29)18-26-22-12-8-9-13-23(22)31-4-2/h5-17,26H,3-4,18H2,1-2H3,(H,27,29). The van der Waals surface area contributed by atoms with Crippen LogP contribution in [-0.4, -0.2) is 31.5 Å². The summed E-state index contributed by atoms with van der Waals surface area (Å²) in [4.78, 5) is 26.9. The van der Waals surface area contributed by atoms with Crippen LogP contribution in [0.25, 0.3) is 0 Å². The molecule has 0 fully saturated rings. The number of rotatable bonds is 9. The Hall–Kier alpha value is -3.80. The van der Waals surface area contributed by atoms with E-state index in [1.165, 1.54) is 0 Å². The lowest BCUT2D eigenvalue weighted by molar-refractivity contribution is -0.114. The molecule has 3 aromatic carbocycles. The van der Waals surface area contributed by atoms with Gasteiger partial charge in [-0.3, -0.25) is 9.59 Å². The summed E-state index contributed by atoms with van der Waals surface area (Å²) in [5, 5.41) is 5.93. The van der Waals surface area contributed by atoms with Crippen LogP contribution in [0.2, 0.25) is 0 Å². The van der Waals surface area contributed by atoms with Crippen LogP contribution in [-0.2, 0) is 4.79 Å². The fraction of sp³-hybridized carbons (Fsp3) is 0.200. The number of hydrogen-bond acceptors (Lipinski definition) is 4. The number of nitrogens with one attached hydrogen (secondary N) is 2. The number of hydrogen-bond donors (Lipinski definition) is 2. The maximum atomic E-state index is 12.9. The van der Waals surface area contributed by atoms with Gasteiger partial charge in [0.05, 0.1) is 18.8 Å². The summed E-state index contributed by atoms with van der Waals surface area (Å²) in [7, 11) is 0. The number of benzene rings is 3. The van der Waals surface area contributed by atoms with Crippen LogP contribution in [0, 0.1) is 0 Å². The van der Waals surface area contributed by atoms with Gasteiger partial charge < -0.3 is 20.3 Å². The van der Waals surface area contributed by atoms with Crippen LogP contribution in [0.4, 0.5) is 17.1 Å². The molecule has 0 aromatic heterocycles. The fourth-order valence-electron chi connectivity index (χ4n) is 3.18. The first-order valence-corrected chi connectivity index (χ1v) is 10.3. The highest BCUT2D eigenvalue weighted by Crippen LogP contribution is 2.23. The van der Waals surface area contributed by atoms with E-state index in [-0.39, 0.29) is 18.4 Å². The minimum Gasteiger partial charge on any atom is -0.492 e. The predicted molar refractivity (Wildman–Crippen MR) is 125 cm³/mol. The number of anilines is 3. The van der Waals surface area contributed by atoms with Crippen molar-refractivity contribution in [1.82, 2.24) is 0 Å². The smallest absolute Gasteiger partial charge is 0.258 e. The predicted octanol–water partition coefficient (Wildman–Crippen LogP) is 4.80. The number of ether oxygens (including phenoxy) is 1. The third kappa shape index (κ3) is 5.85. The van der Waals surface area contributed by atoms with E-state index in [4.69, 9.17) is 4.74 Å². The number of para-hydroxylation sites is 3. The Balaban J connectivity index is 1.59. The molecule has 0 aliphatic rings. The molecule has 0 spiro atoms. The molecule has 3 rings (SSSR count). The van der Waals surface area contributed by atoms with E-state index in [1.807, 2.05) is 68.4 Å². The van der Waals surface area contributed by atoms with Crippen molar-refractivity contribution in [3.63, 3.8) is 0 Å². The zero-order valence-corrected chi connectivity index (χ0v) is 17.8. The van der Waals surface area contributed by atoms with Gasteiger partial charge in [-0.25, -0.2) is 0 Å². The van der Waals surface area contributed by atoms with Gasteiger partial charge in [-0.1, -0.05) is 30.3 Å². The van der Waals surface area contributed by atoms with Crippen molar-refractivity contribution < 1.29 is 14.3 Å².